The van der Waals surface area contributed by atoms with Gasteiger partial charge in [-0.25, -0.2) is 12.8 Å². The van der Waals surface area contributed by atoms with Gasteiger partial charge < -0.3 is 4.74 Å². The fourth-order valence-corrected chi connectivity index (χ4v) is 4.61. The molecule has 1 saturated heterocycles. The number of benzene rings is 2. The van der Waals surface area contributed by atoms with Crippen LogP contribution in [0.25, 0.3) is 0 Å². The molecule has 0 spiro atoms. The van der Waals surface area contributed by atoms with Crippen LogP contribution >= 0.6 is 0 Å². The Hall–Kier alpha value is -1.76. The van der Waals surface area contributed by atoms with E-state index in [1.165, 1.54) is 16.4 Å². The average Bonchev–Trinajstić information content (AvgIpc) is 2.56. The van der Waals surface area contributed by atoms with E-state index >= 15 is 0 Å². The first-order chi connectivity index (χ1) is 11.0. The second-order valence-electron chi connectivity index (χ2n) is 5.52. The van der Waals surface area contributed by atoms with Crippen molar-refractivity contribution in [2.24, 2.45) is 0 Å². The monoisotopic (exact) mass is 335 g/mol. The van der Waals surface area contributed by atoms with Gasteiger partial charge in [0.25, 0.3) is 0 Å². The Labute approximate surface area is 135 Å². The van der Waals surface area contributed by atoms with E-state index in [4.69, 9.17) is 4.74 Å². The Bertz CT molecular complexity index is 790. The van der Waals surface area contributed by atoms with Gasteiger partial charge in [-0.2, -0.15) is 4.31 Å². The number of hydrogen-bond acceptors (Lipinski definition) is 3. The van der Waals surface area contributed by atoms with Gasteiger partial charge in [-0.3, -0.25) is 0 Å². The summed E-state index contributed by atoms with van der Waals surface area (Å²) in [5.74, 6) is -0.348. The molecule has 0 N–H and O–H groups in total. The lowest BCUT2D eigenvalue weighted by Gasteiger charge is -2.35. The summed E-state index contributed by atoms with van der Waals surface area (Å²) in [5, 5.41) is 0. The Kier molecular flexibility index (Phi) is 4.48. The number of morpholine rings is 1. The van der Waals surface area contributed by atoms with E-state index in [1.54, 1.807) is 37.3 Å². The Morgan fingerprint density at radius 3 is 2.52 bits per heavy atom. The lowest BCUT2D eigenvalue weighted by molar-refractivity contribution is 0.0320. The van der Waals surface area contributed by atoms with Crippen molar-refractivity contribution in [1.29, 1.82) is 0 Å². The lowest BCUT2D eigenvalue weighted by Crippen LogP contribution is -2.43. The summed E-state index contributed by atoms with van der Waals surface area (Å²) in [6.07, 6.45) is 0. The first-order valence-electron chi connectivity index (χ1n) is 7.41. The summed E-state index contributed by atoms with van der Waals surface area (Å²) in [7, 11) is -3.64. The summed E-state index contributed by atoms with van der Waals surface area (Å²) >= 11 is 0. The molecule has 4 nitrogen and oxygen atoms in total. The number of ether oxygens (including phenoxy) is 1. The van der Waals surface area contributed by atoms with Crippen molar-refractivity contribution in [3.05, 3.63) is 65.5 Å². The number of rotatable bonds is 3. The van der Waals surface area contributed by atoms with Crippen molar-refractivity contribution in [2.45, 2.75) is 17.9 Å². The molecular weight excluding hydrogens is 317 g/mol. The third kappa shape index (κ3) is 3.15. The third-order valence-electron chi connectivity index (χ3n) is 4.01. The van der Waals surface area contributed by atoms with Crippen LogP contribution in [0.3, 0.4) is 0 Å². The van der Waals surface area contributed by atoms with Gasteiger partial charge >= 0.3 is 0 Å². The summed E-state index contributed by atoms with van der Waals surface area (Å²) in [6, 6.07) is 12.4. The molecule has 1 fully saturated rings. The molecule has 0 bridgehead atoms. The van der Waals surface area contributed by atoms with Gasteiger partial charge in [0.1, 0.15) is 5.82 Å². The highest BCUT2D eigenvalue weighted by Gasteiger charge is 2.35. The number of sulfonamides is 1. The first-order valence-corrected chi connectivity index (χ1v) is 8.85. The molecular formula is C17H18FNO3S. The quantitative estimate of drug-likeness (QED) is 0.866. The largest absolute Gasteiger partial charge is 0.378 e. The molecule has 6 heteroatoms. The molecule has 1 atom stereocenters. The summed E-state index contributed by atoms with van der Waals surface area (Å²) < 4.78 is 46.2. The highest BCUT2D eigenvalue weighted by Crippen LogP contribution is 2.31. The van der Waals surface area contributed by atoms with Gasteiger partial charge in [-0.1, -0.05) is 30.3 Å². The van der Waals surface area contributed by atoms with Crippen LogP contribution in [0, 0.1) is 12.7 Å². The molecule has 122 valence electrons. The number of hydrogen-bond donors (Lipinski definition) is 0. The average molecular weight is 335 g/mol. The Morgan fingerprint density at radius 2 is 1.83 bits per heavy atom. The predicted octanol–water partition coefficient (Wildman–Crippen LogP) is 2.90. The normalized spacial score (nSPS) is 19.7. The minimum absolute atomic E-state index is 0.261. The maximum atomic E-state index is 13.1. The van der Waals surface area contributed by atoms with E-state index in [0.717, 1.165) is 5.56 Å². The Balaban J connectivity index is 2.01. The van der Waals surface area contributed by atoms with Gasteiger partial charge in [0, 0.05) is 6.54 Å². The lowest BCUT2D eigenvalue weighted by atomic mass is 10.1. The molecule has 2 aromatic rings. The van der Waals surface area contributed by atoms with Crippen molar-refractivity contribution >= 4 is 10.0 Å². The molecule has 1 aliphatic heterocycles. The smallest absolute Gasteiger partial charge is 0.244 e. The third-order valence-corrected chi connectivity index (χ3v) is 6.08. The van der Waals surface area contributed by atoms with Crippen LogP contribution in [0.1, 0.15) is 17.2 Å². The summed E-state index contributed by atoms with van der Waals surface area (Å²) in [4.78, 5) is 0.300. The molecule has 0 amide bonds. The van der Waals surface area contributed by atoms with Gasteiger partial charge in [-0.05, 0) is 36.2 Å². The summed E-state index contributed by atoms with van der Waals surface area (Å²) in [6.45, 7) is 2.67. The zero-order valence-corrected chi connectivity index (χ0v) is 13.6. The molecule has 3 rings (SSSR count). The number of halogens is 1. The molecule has 1 aliphatic rings. The van der Waals surface area contributed by atoms with Crippen molar-refractivity contribution in [2.75, 3.05) is 19.8 Å². The van der Waals surface area contributed by atoms with Crippen LogP contribution in [0.5, 0.6) is 0 Å². The van der Waals surface area contributed by atoms with E-state index in [9.17, 15) is 12.8 Å². The topological polar surface area (TPSA) is 46.6 Å². The van der Waals surface area contributed by atoms with Crippen LogP contribution in [-0.2, 0) is 14.8 Å². The highest BCUT2D eigenvalue weighted by atomic mass is 32.2. The van der Waals surface area contributed by atoms with Crippen molar-refractivity contribution in [3.63, 3.8) is 0 Å². The minimum atomic E-state index is -3.64. The van der Waals surface area contributed by atoms with Crippen molar-refractivity contribution in [1.82, 2.24) is 4.31 Å². The van der Waals surface area contributed by atoms with E-state index in [0.29, 0.717) is 17.1 Å². The number of aryl methyl sites for hydroxylation is 1. The fraction of sp³-hybridized carbons (Fsp3) is 0.294. The maximum absolute atomic E-state index is 13.1. The second kappa shape index (κ2) is 6.39. The zero-order chi connectivity index (χ0) is 16.4. The van der Waals surface area contributed by atoms with Gasteiger partial charge in [0.15, 0.2) is 0 Å². The van der Waals surface area contributed by atoms with Crippen LogP contribution in [0.2, 0.25) is 0 Å². The van der Waals surface area contributed by atoms with E-state index < -0.39 is 16.1 Å². The van der Waals surface area contributed by atoms with Crippen molar-refractivity contribution in [3.8, 4) is 0 Å². The minimum Gasteiger partial charge on any atom is -0.378 e. The molecule has 23 heavy (non-hydrogen) atoms. The number of nitrogens with zero attached hydrogens (tertiary/aromatic N) is 1. The molecule has 0 saturated carbocycles. The predicted molar refractivity (Wildman–Crippen MR) is 85.0 cm³/mol. The highest BCUT2D eigenvalue weighted by molar-refractivity contribution is 7.89. The van der Waals surface area contributed by atoms with Crippen LogP contribution in [-0.4, -0.2) is 32.5 Å². The van der Waals surface area contributed by atoms with Crippen LogP contribution in [0.4, 0.5) is 4.39 Å². The van der Waals surface area contributed by atoms with Crippen LogP contribution in [0.15, 0.2) is 53.4 Å². The molecule has 0 radical (unpaired) electrons. The first kappa shape index (κ1) is 16.1. The molecule has 0 aliphatic carbocycles. The van der Waals surface area contributed by atoms with E-state index in [-0.39, 0.29) is 19.0 Å². The van der Waals surface area contributed by atoms with Crippen molar-refractivity contribution < 1.29 is 17.5 Å². The SMILES string of the molecule is Cc1ccccc1S(=O)(=O)N1CCOCC1c1ccc(F)cc1. The van der Waals surface area contributed by atoms with Crippen LogP contribution < -0.4 is 0 Å². The van der Waals surface area contributed by atoms with E-state index in [2.05, 4.69) is 0 Å². The standard InChI is InChI=1S/C17H18FNO3S/c1-13-4-2-3-5-17(13)23(20,21)19-10-11-22-12-16(19)14-6-8-15(18)9-7-14/h2-9,16H,10-12H2,1H3. The molecule has 2 aromatic carbocycles. The van der Waals surface area contributed by atoms with Gasteiger partial charge in [0.2, 0.25) is 10.0 Å². The van der Waals surface area contributed by atoms with E-state index in [1.807, 2.05) is 6.07 Å². The van der Waals surface area contributed by atoms with Gasteiger partial charge in [0.05, 0.1) is 24.2 Å². The Morgan fingerprint density at radius 1 is 1.13 bits per heavy atom. The zero-order valence-electron chi connectivity index (χ0n) is 12.8. The fourth-order valence-electron chi connectivity index (χ4n) is 2.80. The second-order valence-corrected chi connectivity index (χ2v) is 7.38. The molecule has 0 aromatic heterocycles. The van der Waals surface area contributed by atoms with Gasteiger partial charge in [-0.15, -0.1) is 0 Å². The molecule has 1 unspecified atom stereocenters. The summed E-state index contributed by atoms with van der Waals surface area (Å²) in [5.41, 5.74) is 1.43. The maximum Gasteiger partial charge on any atom is 0.244 e. The molecule has 1 heterocycles.